The first kappa shape index (κ1) is 25.2. The second-order valence-corrected chi connectivity index (χ2v) is 9.89. The van der Waals surface area contributed by atoms with E-state index in [1.54, 1.807) is 32.4 Å². The van der Waals surface area contributed by atoms with Gasteiger partial charge in [0.1, 0.15) is 34.2 Å². The molecule has 1 fully saturated rings. The van der Waals surface area contributed by atoms with E-state index in [0.717, 1.165) is 10.2 Å². The smallest absolute Gasteiger partial charge is 0.324 e. The van der Waals surface area contributed by atoms with Crippen molar-refractivity contribution in [3.8, 4) is 33.8 Å². The molecule has 5 rings (SSSR count). The zero-order valence-electron chi connectivity index (χ0n) is 20.6. The number of anilines is 1. The maximum Gasteiger partial charge on any atom is 0.324 e. The number of fused-ring (bicyclic) bond motifs is 1. The van der Waals surface area contributed by atoms with E-state index in [1.807, 2.05) is 31.2 Å². The highest BCUT2D eigenvalue weighted by Gasteiger charge is 2.41. The molecule has 194 valence electrons. The van der Waals surface area contributed by atoms with Crippen molar-refractivity contribution in [1.82, 2.24) is 15.0 Å². The van der Waals surface area contributed by atoms with E-state index >= 15 is 0 Å². The van der Waals surface area contributed by atoms with E-state index in [9.17, 15) is 15.3 Å². The van der Waals surface area contributed by atoms with Crippen LogP contribution in [0.2, 0.25) is 0 Å². The second-order valence-electron chi connectivity index (χ2n) is 8.86. The van der Waals surface area contributed by atoms with Crippen molar-refractivity contribution in [2.45, 2.75) is 31.6 Å². The number of aliphatic hydroxyl groups excluding tert-OH is 3. The summed E-state index contributed by atoms with van der Waals surface area (Å²) in [7, 11) is 3.10. The maximum absolute atomic E-state index is 10.6. The minimum absolute atomic E-state index is 0.0758. The molecule has 2 aromatic carbocycles. The normalized spacial score (nSPS) is 21.2. The van der Waals surface area contributed by atoms with Gasteiger partial charge in [-0.2, -0.15) is 9.97 Å². The Bertz CT molecular complexity index is 1360. The first-order valence-corrected chi connectivity index (χ1v) is 12.6. The minimum Gasteiger partial charge on any atom is -0.496 e. The van der Waals surface area contributed by atoms with Crippen LogP contribution in [0.4, 0.5) is 5.82 Å². The summed E-state index contributed by atoms with van der Waals surface area (Å²) in [6.45, 7) is 1.61. The van der Waals surface area contributed by atoms with Gasteiger partial charge in [0.05, 0.1) is 47.8 Å². The molecule has 2 aromatic heterocycles. The van der Waals surface area contributed by atoms with Crippen molar-refractivity contribution in [3.63, 3.8) is 0 Å². The first-order chi connectivity index (χ1) is 17.9. The summed E-state index contributed by atoms with van der Waals surface area (Å²) in [4.78, 5) is 14.0. The first-order valence-electron chi connectivity index (χ1n) is 11.8. The lowest BCUT2D eigenvalue weighted by Gasteiger charge is -2.21. The molecule has 1 saturated carbocycles. The molecule has 0 bridgehead atoms. The van der Waals surface area contributed by atoms with Crippen molar-refractivity contribution < 1.29 is 29.5 Å². The van der Waals surface area contributed by atoms with Gasteiger partial charge in [-0.15, -0.1) is 11.3 Å². The third kappa shape index (κ3) is 5.03. The summed E-state index contributed by atoms with van der Waals surface area (Å²) in [5.74, 6) is 1.49. The van der Waals surface area contributed by atoms with Gasteiger partial charge in [-0.1, -0.05) is 12.1 Å². The highest BCUT2D eigenvalue weighted by atomic mass is 32.1. The van der Waals surface area contributed by atoms with E-state index in [1.165, 1.54) is 11.3 Å². The van der Waals surface area contributed by atoms with E-state index in [2.05, 4.69) is 15.3 Å². The SMILES string of the molecule is COc1cc(OC)cc(Oc2nc(C)c(-c3nc4ccccc4s3)c(NC3CC(CO)C(O)C3O)n2)c1. The fourth-order valence-electron chi connectivity index (χ4n) is 4.50. The summed E-state index contributed by atoms with van der Waals surface area (Å²) in [5, 5.41) is 34.6. The Balaban J connectivity index is 1.56. The molecule has 10 nitrogen and oxygen atoms in total. The number of hydrogen-bond acceptors (Lipinski definition) is 11. The molecule has 37 heavy (non-hydrogen) atoms. The van der Waals surface area contributed by atoms with Gasteiger partial charge in [0.15, 0.2) is 0 Å². The maximum atomic E-state index is 10.6. The number of ether oxygens (including phenoxy) is 3. The van der Waals surface area contributed by atoms with Crippen molar-refractivity contribution in [1.29, 1.82) is 0 Å². The number of nitrogens with zero attached hydrogens (tertiary/aromatic N) is 3. The minimum atomic E-state index is -1.08. The zero-order chi connectivity index (χ0) is 26.1. The highest BCUT2D eigenvalue weighted by Crippen LogP contribution is 2.39. The molecule has 4 atom stereocenters. The van der Waals surface area contributed by atoms with E-state index in [0.29, 0.717) is 45.8 Å². The van der Waals surface area contributed by atoms with Gasteiger partial charge >= 0.3 is 6.01 Å². The van der Waals surface area contributed by atoms with Crippen LogP contribution in [0.1, 0.15) is 12.1 Å². The number of para-hydroxylation sites is 1. The predicted octanol–water partition coefficient (Wildman–Crippen LogP) is 3.39. The van der Waals surface area contributed by atoms with E-state index < -0.39 is 24.2 Å². The summed E-state index contributed by atoms with van der Waals surface area (Å²) in [6.07, 6.45) is -1.76. The summed E-state index contributed by atoms with van der Waals surface area (Å²) < 4.78 is 17.7. The third-order valence-corrected chi connectivity index (χ3v) is 7.52. The number of thiazole rings is 1. The molecule has 1 aliphatic rings. The van der Waals surface area contributed by atoms with Gasteiger partial charge in [0.25, 0.3) is 0 Å². The molecule has 0 spiro atoms. The molecule has 4 N–H and O–H groups in total. The Morgan fingerprint density at radius 2 is 1.68 bits per heavy atom. The van der Waals surface area contributed by atoms with Crippen LogP contribution in [0.15, 0.2) is 42.5 Å². The van der Waals surface area contributed by atoms with Crippen molar-refractivity contribution in [3.05, 3.63) is 48.2 Å². The number of methoxy groups -OCH3 is 2. The van der Waals surface area contributed by atoms with Gasteiger partial charge in [0, 0.05) is 30.7 Å². The van der Waals surface area contributed by atoms with Gasteiger partial charge in [-0.05, 0) is 25.5 Å². The lowest BCUT2D eigenvalue weighted by molar-refractivity contribution is 0.00446. The molecule has 1 aliphatic carbocycles. The number of aliphatic hydroxyl groups is 3. The fourth-order valence-corrected chi connectivity index (χ4v) is 5.57. The van der Waals surface area contributed by atoms with Crippen LogP contribution in [0, 0.1) is 12.8 Å². The molecular formula is C26H28N4O6S. The number of benzene rings is 2. The van der Waals surface area contributed by atoms with Gasteiger partial charge in [-0.3, -0.25) is 0 Å². The van der Waals surface area contributed by atoms with Crippen LogP contribution < -0.4 is 19.5 Å². The zero-order valence-corrected chi connectivity index (χ0v) is 21.4. The van der Waals surface area contributed by atoms with Gasteiger partial charge < -0.3 is 34.8 Å². The van der Waals surface area contributed by atoms with Crippen molar-refractivity contribution in [2.75, 3.05) is 26.1 Å². The van der Waals surface area contributed by atoms with Crippen LogP contribution in [-0.4, -0.2) is 69.3 Å². The summed E-state index contributed by atoms with van der Waals surface area (Å²) in [5.41, 5.74) is 2.15. The van der Waals surface area contributed by atoms with E-state index in [4.69, 9.17) is 19.2 Å². The quantitative estimate of drug-likeness (QED) is 0.271. The van der Waals surface area contributed by atoms with Crippen LogP contribution in [0.25, 0.3) is 20.8 Å². The topological polar surface area (TPSA) is 139 Å². The molecule has 11 heteroatoms. The Labute approximate surface area is 217 Å². The lowest BCUT2D eigenvalue weighted by atomic mass is 10.1. The molecule has 4 unspecified atom stereocenters. The lowest BCUT2D eigenvalue weighted by Crippen LogP contribution is -2.35. The van der Waals surface area contributed by atoms with Crippen LogP contribution in [-0.2, 0) is 0 Å². The van der Waals surface area contributed by atoms with Gasteiger partial charge in [-0.25, -0.2) is 4.98 Å². The molecule has 0 radical (unpaired) electrons. The van der Waals surface area contributed by atoms with Crippen LogP contribution in [0.5, 0.6) is 23.3 Å². The number of aryl methyl sites for hydroxylation is 1. The Morgan fingerprint density at radius 3 is 2.32 bits per heavy atom. The standard InChI is InChI=1S/C26H28N4O6S/c1-13-21(25-29-18-6-4-5-7-20(18)37-25)24(28-19-8-14(12-31)22(32)23(19)33)30-26(27-13)36-17-10-15(34-2)9-16(11-17)35-3/h4-7,9-11,14,19,22-23,31-33H,8,12H2,1-3H3,(H,27,28,30). The number of rotatable bonds is 8. The average Bonchev–Trinajstić information content (AvgIpc) is 3.44. The molecular weight excluding hydrogens is 496 g/mol. The Morgan fingerprint density at radius 1 is 0.973 bits per heavy atom. The third-order valence-electron chi connectivity index (χ3n) is 6.47. The molecule has 0 saturated heterocycles. The van der Waals surface area contributed by atoms with Gasteiger partial charge in [0.2, 0.25) is 0 Å². The summed E-state index contributed by atoms with van der Waals surface area (Å²) >= 11 is 1.51. The largest absolute Gasteiger partial charge is 0.496 e. The highest BCUT2D eigenvalue weighted by molar-refractivity contribution is 7.21. The van der Waals surface area contributed by atoms with Crippen LogP contribution >= 0.6 is 11.3 Å². The molecule has 0 aliphatic heterocycles. The monoisotopic (exact) mass is 524 g/mol. The Kier molecular flexibility index (Phi) is 7.11. The number of nitrogens with one attached hydrogen (secondary N) is 1. The molecule has 2 heterocycles. The number of hydrogen-bond donors (Lipinski definition) is 4. The van der Waals surface area contributed by atoms with Crippen molar-refractivity contribution in [2.24, 2.45) is 5.92 Å². The Hall–Kier alpha value is -3.51. The average molecular weight is 525 g/mol. The summed E-state index contributed by atoms with van der Waals surface area (Å²) in [6, 6.07) is 12.5. The second kappa shape index (κ2) is 10.5. The fraction of sp³-hybridized carbons (Fsp3) is 0.346. The van der Waals surface area contributed by atoms with E-state index in [-0.39, 0.29) is 12.6 Å². The number of aromatic nitrogens is 3. The van der Waals surface area contributed by atoms with Crippen LogP contribution in [0.3, 0.4) is 0 Å². The predicted molar refractivity (Wildman–Crippen MR) is 140 cm³/mol. The van der Waals surface area contributed by atoms with Crippen molar-refractivity contribution >= 4 is 27.4 Å². The molecule has 4 aromatic rings. The molecule has 0 amide bonds.